The number of amides is 1. The maximum absolute atomic E-state index is 12.3. The summed E-state index contributed by atoms with van der Waals surface area (Å²) in [5.41, 5.74) is 0.480. The molecule has 132 valence electrons. The molecule has 0 radical (unpaired) electrons. The standard InChI is InChI=1S/C17H22ClNO5/c1-17(2,3)23-7-6-12(16(21)22)19-15(20)14-9-10-8-11(18)4-5-13(10)24-14/h4-5,8,12,14H,6-7,9H2,1-3H3,(H,19,20)(H,21,22). The van der Waals surface area contributed by atoms with E-state index in [1.807, 2.05) is 20.8 Å². The highest BCUT2D eigenvalue weighted by atomic mass is 35.5. The summed E-state index contributed by atoms with van der Waals surface area (Å²) >= 11 is 5.92. The fraction of sp³-hybridized carbons (Fsp3) is 0.529. The lowest BCUT2D eigenvalue weighted by Crippen LogP contribution is -2.47. The van der Waals surface area contributed by atoms with Crippen LogP contribution < -0.4 is 10.1 Å². The Balaban J connectivity index is 1.91. The molecule has 0 spiro atoms. The minimum atomic E-state index is -1.10. The zero-order chi connectivity index (χ0) is 17.9. The third kappa shape index (κ3) is 5.11. The van der Waals surface area contributed by atoms with Crippen molar-refractivity contribution in [2.45, 2.75) is 51.4 Å². The van der Waals surface area contributed by atoms with Crippen LogP contribution >= 0.6 is 11.6 Å². The van der Waals surface area contributed by atoms with E-state index in [1.54, 1.807) is 18.2 Å². The molecule has 1 aliphatic rings. The predicted octanol–water partition coefficient (Wildman–Crippen LogP) is 2.42. The second-order valence-corrected chi connectivity index (χ2v) is 7.15. The average Bonchev–Trinajstić information content (AvgIpc) is 2.87. The minimum absolute atomic E-state index is 0.184. The summed E-state index contributed by atoms with van der Waals surface area (Å²) in [7, 11) is 0. The Morgan fingerprint density at radius 2 is 2.17 bits per heavy atom. The number of carbonyl (C=O) groups excluding carboxylic acids is 1. The number of fused-ring (bicyclic) bond motifs is 1. The molecule has 7 heteroatoms. The van der Waals surface area contributed by atoms with Crippen molar-refractivity contribution < 1.29 is 24.2 Å². The lowest BCUT2D eigenvalue weighted by atomic mass is 10.1. The summed E-state index contributed by atoms with van der Waals surface area (Å²) in [6, 6.07) is 4.12. The largest absolute Gasteiger partial charge is 0.480 e. The highest BCUT2D eigenvalue weighted by molar-refractivity contribution is 6.30. The molecule has 1 aromatic rings. The van der Waals surface area contributed by atoms with E-state index in [-0.39, 0.29) is 18.6 Å². The number of benzene rings is 1. The number of carboxylic acids is 1. The van der Waals surface area contributed by atoms with Crippen molar-refractivity contribution in [3.05, 3.63) is 28.8 Å². The Bertz CT molecular complexity index is 626. The van der Waals surface area contributed by atoms with Crippen molar-refractivity contribution in [2.24, 2.45) is 0 Å². The van der Waals surface area contributed by atoms with Crippen molar-refractivity contribution in [3.63, 3.8) is 0 Å². The molecular formula is C17H22ClNO5. The third-order valence-electron chi connectivity index (χ3n) is 3.55. The van der Waals surface area contributed by atoms with Gasteiger partial charge in [0.25, 0.3) is 5.91 Å². The molecule has 1 heterocycles. The lowest BCUT2D eigenvalue weighted by molar-refractivity contribution is -0.143. The number of ether oxygens (including phenoxy) is 2. The summed E-state index contributed by atoms with van der Waals surface area (Å²) in [6.45, 7) is 5.89. The highest BCUT2D eigenvalue weighted by Gasteiger charge is 2.32. The van der Waals surface area contributed by atoms with Gasteiger partial charge in [0, 0.05) is 24.5 Å². The maximum Gasteiger partial charge on any atom is 0.326 e. The Kier molecular flexibility index (Phi) is 5.72. The summed E-state index contributed by atoms with van der Waals surface area (Å²) in [5, 5.41) is 12.4. The van der Waals surface area contributed by atoms with Crippen LogP contribution in [0.4, 0.5) is 0 Å². The SMILES string of the molecule is CC(C)(C)OCCC(NC(=O)C1Cc2cc(Cl)ccc2O1)C(=O)O. The second kappa shape index (κ2) is 7.40. The Hall–Kier alpha value is -1.79. The van der Waals surface area contributed by atoms with E-state index < -0.39 is 24.0 Å². The minimum Gasteiger partial charge on any atom is -0.480 e. The number of nitrogens with one attached hydrogen (secondary N) is 1. The zero-order valence-corrected chi connectivity index (χ0v) is 14.7. The van der Waals surface area contributed by atoms with Crippen LogP contribution in [0, 0.1) is 0 Å². The quantitative estimate of drug-likeness (QED) is 0.818. The molecule has 0 saturated heterocycles. The Morgan fingerprint density at radius 1 is 1.46 bits per heavy atom. The number of aliphatic carboxylic acids is 1. The van der Waals surface area contributed by atoms with Gasteiger partial charge in [-0.05, 0) is 44.5 Å². The first kappa shape index (κ1) is 18.5. The van der Waals surface area contributed by atoms with Crippen LogP contribution in [0.2, 0.25) is 5.02 Å². The van der Waals surface area contributed by atoms with E-state index in [0.29, 0.717) is 17.2 Å². The van der Waals surface area contributed by atoms with Crippen LogP contribution in [-0.4, -0.2) is 41.3 Å². The number of halogens is 1. The maximum atomic E-state index is 12.3. The molecule has 1 amide bonds. The van der Waals surface area contributed by atoms with Crippen LogP contribution in [0.3, 0.4) is 0 Å². The van der Waals surface area contributed by atoms with Gasteiger partial charge in [-0.1, -0.05) is 11.6 Å². The summed E-state index contributed by atoms with van der Waals surface area (Å²) in [6.07, 6.45) is -0.194. The number of carboxylic acid groups (broad SMARTS) is 1. The fourth-order valence-electron chi connectivity index (χ4n) is 2.37. The molecule has 0 aromatic heterocycles. The van der Waals surface area contributed by atoms with Crippen LogP contribution in [0.15, 0.2) is 18.2 Å². The first-order valence-electron chi connectivity index (χ1n) is 7.78. The Morgan fingerprint density at radius 3 is 2.79 bits per heavy atom. The first-order valence-corrected chi connectivity index (χ1v) is 8.16. The molecule has 0 aliphatic carbocycles. The van der Waals surface area contributed by atoms with Gasteiger partial charge >= 0.3 is 5.97 Å². The summed E-state index contributed by atoms with van der Waals surface area (Å²) in [5.74, 6) is -0.951. The third-order valence-corrected chi connectivity index (χ3v) is 3.78. The average molecular weight is 356 g/mol. The van der Waals surface area contributed by atoms with Crippen LogP contribution in [-0.2, 0) is 20.7 Å². The second-order valence-electron chi connectivity index (χ2n) is 6.71. The molecule has 2 rings (SSSR count). The van der Waals surface area contributed by atoms with Crippen LogP contribution in [0.25, 0.3) is 0 Å². The van der Waals surface area contributed by atoms with Crippen molar-refractivity contribution in [1.82, 2.24) is 5.32 Å². The molecular weight excluding hydrogens is 334 g/mol. The summed E-state index contributed by atoms with van der Waals surface area (Å²) < 4.78 is 11.1. The van der Waals surface area contributed by atoms with Crippen LogP contribution in [0.1, 0.15) is 32.8 Å². The molecule has 0 bridgehead atoms. The fourth-order valence-corrected chi connectivity index (χ4v) is 2.56. The predicted molar refractivity (Wildman–Crippen MR) is 89.5 cm³/mol. The molecule has 2 atom stereocenters. The topological polar surface area (TPSA) is 84.9 Å². The molecule has 0 saturated carbocycles. The van der Waals surface area contributed by atoms with Crippen molar-refractivity contribution in [2.75, 3.05) is 6.61 Å². The van der Waals surface area contributed by atoms with Gasteiger partial charge in [0.2, 0.25) is 0 Å². The molecule has 1 aromatic carbocycles. The van der Waals surface area contributed by atoms with Gasteiger partial charge in [-0.3, -0.25) is 4.79 Å². The van der Waals surface area contributed by atoms with Crippen molar-refractivity contribution in [1.29, 1.82) is 0 Å². The molecule has 1 aliphatic heterocycles. The summed E-state index contributed by atoms with van der Waals surface area (Å²) in [4.78, 5) is 23.6. The molecule has 0 fully saturated rings. The van der Waals surface area contributed by atoms with E-state index in [1.165, 1.54) is 0 Å². The van der Waals surface area contributed by atoms with Crippen molar-refractivity contribution >= 4 is 23.5 Å². The van der Waals surface area contributed by atoms with E-state index in [2.05, 4.69) is 5.32 Å². The van der Waals surface area contributed by atoms with Gasteiger partial charge in [-0.2, -0.15) is 0 Å². The number of hydrogen-bond acceptors (Lipinski definition) is 4. The van der Waals surface area contributed by atoms with Gasteiger partial charge in [0.05, 0.1) is 5.60 Å². The molecule has 2 unspecified atom stereocenters. The van der Waals surface area contributed by atoms with Gasteiger partial charge in [0.1, 0.15) is 11.8 Å². The monoisotopic (exact) mass is 355 g/mol. The molecule has 24 heavy (non-hydrogen) atoms. The highest BCUT2D eigenvalue weighted by Crippen LogP contribution is 2.31. The van der Waals surface area contributed by atoms with E-state index >= 15 is 0 Å². The number of rotatable bonds is 6. The van der Waals surface area contributed by atoms with Gasteiger partial charge < -0.3 is 19.9 Å². The molecule has 6 nitrogen and oxygen atoms in total. The van der Waals surface area contributed by atoms with Gasteiger partial charge in [-0.25, -0.2) is 4.79 Å². The Labute approximate surface area is 146 Å². The van der Waals surface area contributed by atoms with E-state index in [9.17, 15) is 14.7 Å². The van der Waals surface area contributed by atoms with E-state index in [0.717, 1.165) is 5.56 Å². The first-order chi connectivity index (χ1) is 11.2. The van der Waals surface area contributed by atoms with Gasteiger partial charge in [0.15, 0.2) is 6.10 Å². The van der Waals surface area contributed by atoms with Gasteiger partial charge in [-0.15, -0.1) is 0 Å². The normalized spacial score (nSPS) is 17.8. The van der Waals surface area contributed by atoms with E-state index in [4.69, 9.17) is 21.1 Å². The van der Waals surface area contributed by atoms with Crippen molar-refractivity contribution in [3.8, 4) is 5.75 Å². The number of hydrogen-bond donors (Lipinski definition) is 2. The lowest BCUT2D eigenvalue weighted by Gasteiger charge is -2.22. The van der Waals surface area contributed by atoms with Crippen LogP contribution in [0.5, 0.6) is 5.75 Å². The number of carbonyl (C=O) groups is 2. The molecule has 2 N–H and O–H groups in total. The smallest absolute Gasteiger partial charge is 0.326 e. The zero-order valence-electron chi connectivity index (χ0n) is 14.0.